The molecule has 2 aromatic carbocycles. The molecule has 1 saturated carbocycles. The van der Waals surface area contributed by atoms with Crippen molar-refractivity contribution in [2.75, 3.05) is 5.32 Å². The molecule has 5 heteroatoms. The Morgan fingerprint density at radius 2 is 1.79 bits per heavy atom. The van der Waals surface area contributed by atoms with Gasteiger partial charge in [-0.25, -0.2) is 4.39 Å². The molecule has 0 saturated heterocycles. The number of anilines is 1. The van der Waals surface area contributed by atoms with Crippen molar-refractivity contribution < 1.29 is 9.18 Å². The fourth-order valence-electron chi connectivity index (χ4n) is 3.89. The van der Waals surface area contributed by atoms with E-state index in [1.807, 2.05) is 11.3 Å². The summed E-state index contributed by atoms with van der Waals surface area (Å²) in [5.41, 5.74) is 1.73. The monoisotopic (exact) mass is 396 g/mol. The molecule has 2 N–H and O–H groups in total. The fourth-order valence-corrected chi connectivity index (χ4v) is 4.91. The van der Waals surface area contributed by atoms with E-state index in [1.54, 1.807) is 0 Å². The van der Waals surface area contributed by atoms with Crippen LogP contribution in [0.25, 0.3) is 10.1 Å². The van der Waals surface area contributed by atoms with Gasteiger partial charge >= 0.3 is 0 Å². The SMILES string of the molecule is CCc1cc2c(NC3CCC(NC(=O)c4ccc(F)cc4)CC3)cccc2s1. The van der Waals surface area contributed by atoms with Crippen LogP contribution in [0.2, 0.25) is 0 Å². The molecule has 1 aliphatic carbocycles. The molecule has 0 atom stereocenters. The first-order chi connectivity index (χ1) is 13.6. The molecule has 0 unspecified atom stereocenters. The number of thiophene rings is 1. The molecule has 3 aromatic rings. The lowest BCUT2D eigenvalue weighted by atomic mass is 9.90. The van der Waals surface area contributed by atoms with Gasteiger partial charge in [-0.3, -0.25) is 4.79 Å². The van der Waals surface area contributed by atoms with Gasteiger partial charge in [0.1, 0.15) is 5.82 Å². The normalized spacial score (nSPS) is 19.5. The largest absolute Gasteiger partial charge is 0.382 e. The number of halogens is 1. The van der Waals surface area contributed by atoms with E-state index in [2.05, 4.69) is 41.8 Å². The van der Waals surface area contributed by atoms with Crippen LogP contribution >= 0.6 is 11.3 Å². The van der Waals surface area contributed by atoms with E-state index in [9.17, 15) is 9.18 Å². The summed E-state index contributed by atoms with van der Waals surface area (Å²) in [5, 5.41) is 8.13. The van der Waals surface area contributed by atoms with E-state index in [4.69, 9.17) is 0 Å². The number of carbonyl (C=O) groups is 1. The minimum Gasteiger partial charge on any atom is -0.382 e. The number of amides is 1. The minimum atomic E-state index is -0.324. The number of carbonyl (C=O) groups excluding carboxylic acids is 1. The van der Waals surface area contributed by atoms with E-state index in [0.29, 0.717) is 11.6 Å². The lowest BCUT2D eigenvalue weighted by Crippen LogP contribution is -2.40. The number of hydrogen-bond acceptors (Lipinski definition) is 3. The first-order valence-electron chi connectivity index (χ1n) is 9.97. The molecule has 1 amide bonds. The highest BCUT2D eigenvalue weighted by molar-refractivity contribution is 7.19. The highest BCUT2D eigenvalue weighted by Crippen LogP contribution is 2.33. The van der Waals surface area contributed by atoms with Crippen LogP contribution < -0.4 is 10.6 Å². The fraction of sp³-hybridized carbons (Fsp3) is 0.348. The third-order valence-corrected chi connectivity index (χ3v) is 6.73. The summed E-state index contributed by atoms with van der Waals surface area (Å²) < 4.78 is 14.3. The van der Waals surface area contributed by atoms with Crippen molar-refractivity contribution in [3.05, 3.63) is 64.8 Å². The zero-order chi connectivity index (χ0) is 19.5. The number of aryl methyl sites for hydroxylation is 1. The second kappa shape index (κ2) is 8.31. The molecular formula is C23H25FN2OS. The quantitative estimate of drug-likeness (QED) is 0.576. The van der Waals surface area contributed by atoms with Crippen LogP contribution in [0.1, 0.15) is 47.8 Å². The van der Waals surface area contributed by atoms with E-state index in [1.165, 1.54) is 44.9 Å². The molecule has 1 heterocycles. The second-order valence-electron chi connectivity index (χ2n) is 7.46. The predicted octanol–water partition coefficient (Wildman–Crippen LogP) is 5.76. The Morgan fingerprint density at radius 1 is 1.07 bits per heavy atom. The Kier molecular flexibility index (Phi) is 5.62. The van der Waals surface area contributed by atoms with Crippen molar-refractivity contribution in [2.45, 2.75) is 51.1 Å². The van der Waals surface area contributed by atoms with Gasteiger partial charge in [0.2, 0.25) is 0 Å². The smallest absolute Gasteiger partial charge is 0.251 e. The van der Waals surface area contributed by atoms with Crippen LogP contribution in [-0.2, 0) is 6.42 Å². The third-order valence-electron chi connectivity index (χ3n) is 5.49. The molecule has 28 heavy (non-hydrogen) atoms. The van der Waals surface area contributed by atoms with Crippen LogP contribution in [0.3, 0.4) is 0 Å². The van der Waals surface area contributed by atoms with Crippen molar-refractivity contribution in [1.82, 2.24) is 5.32 Å². The first kappa shape index (κ1) is 18.9. The van der Waals surface area contributed by atoms with E-state index in [-0.39, 0.29) is 17.8 Å². The van der Waals surface area contributed by atoms with Crippen molar-refractivity contribution in [3.63, 3.8) is 0 Å². The molecule has 0 spiro atoms. The number of rotatable bonds is 5. The van der Waals surface area contributed by atoms with Crippen LogP contribution in [0.4, 0.5) is 10.1 Å². The van der Waals surface area contributed by atoms with E-state index in [0.717, 1.165) is 32.1 Å². The molecule has 0 aliphatic heterocycles. The van der Waals surface area contributed by atoms with Crippen LogP contribution in [0.5, 0.6) is 0 Å². The van der Waals surface area contributed by atoms with Crippen molar-refractivity contribution >= 4 is 33.0 Å². The number of hydrogen-bond donors (Lipinski definition) is 2. The summed E-state index contributed by atoms with van der Waals surface area (Å²) in [6, 6.07) is 15.1. The summed E-state index contributed by atoms with van der Waals surface area (Å²) in [5.74, 6) is -0.443. The Balaban J connectivity index is 1.34. The molecular weight excluding hydrogens is 371 g/mol. The van der Waals surface area contributed by atoms with Gasteiger partial charge in [-0.15, -0.1) is 11.3 Å². The number of benzene rings is 2. The summed E-state index contributed by atoms with van der Waals surface area (Å²) >= 11 is 1.87. The predicted molar refractivity (Wildman–Crippen MR) is 115 cm³/mol. The first-order valence-corrected chi connectivity index (χ1v) is 10.8. The van der Waals surface area contributed by atoms with Crippen molar-refractivity contribution in [2.24, 2.45) is 0 Å². The molecule has 3 nitrogen and oxygen atoms in total. The average Bonchev–Trinajstić information content (AvgIpc) is 3.14. The van der Waals surface area contributed by atoms with Gasteiger partial charge in [0, 0.05) is 38.3 Å². The molecule has 0 bridgehead atoms. The van der Waals surface area contributed by atoms with Gasteiger partial charge in [-0.2, -0.15) is 0 Å². The third kappa shape index (κ3) is 4.20. The number of nitrogens with one attached hydrogen (secondary N) is 2. The van der Waals surface area contributed by atoms with E-state index < -0.39 is 0 Å². The van der Waals surface area contributed by atoms with Gasteiger partial charge in [-0.05, 0) is 74.6 Å². The molecule has 1 aliphatic rings. The summed E-state index contributed by atoms with van der Waals surface area (Å²) in [7, 11) is 0. The lowest BCUT2D eigenvalue weighted by Gasteiger charge is -2.30. The Morgan fingerprint density at radius 3 is 2.50 bits per heavy atom. The summed E-state index contributed by atoms with van der Waals surface area (Å²) in [6.07, 6.45) is 5.01. The van der Waals surface area contributed by atoms with Gasteiger partial charge in [0.25, 0.3) is 5.91 Å². The highest BCUT2D eigenvalue weighted by Gasteiger charge is 2.23. The Bertz CT molecular complexity index is 958. The second-order valence-corrected chi connectivity index (χ2v) is 8.63. The summed E-state index contributed by atoms with van der Waals surface area (Å²) in [4.78, 5) is 13.7. The Labute approximate surface area is 169 Å². The minimum absolute atomic E-state index is 0.119. The van der Waals surface area contributed by atoms with Crippen molar-refractivity contribution in [1.29, 1.82) is 0 Å². The molecule has 1 fully saturated rings. The number of fused-ring (bicyclic) bond motifs is 1. The van der Waals surface area contributed by atoms with E-state index >= 15 is 0 Å². The zero-order valence-corrected chi connectivity index (χ0v) is 16.8. The van der Waals surface area contributed by atoms with Crippen LogP contribution in [-0.4, -0.2) is 18.0 Å². The van der Waals surface area contributed by atoms with Gasteiger partial charge in [0.05, 0.1) is 0 Å². The maximum atomic E-state index is 13.0. The summed E-state index contributed by atoms with van der Waals surface area (Å²) in [6.45, 7) is 2.19. The average molecular weight is 397 g/mol. The van der Waals surface area contributed by atoms with Gasteiger partial charge in [0.15, 0.2) is 0 Å². The highest BCUT2D eigenvalue weighted by atomic mass is 32.1. The molecule has 146 valence electrons. The Hall–Kier alpha value is -2.40. The van der Waals surface area contributed by atoms with Gasteiger partial charge in [-0.1, -0.05) is 13.0 Å². The topological polar surface area (TPSA) is 41.1 Å². The zero-order valence-electron chi connectivity index (χ0n) is 16.0. The maximum absolute atomic E-state index is 13.0. The molecule has 4 rings (SSSR count). The standard InChI is InChI=1S/C23H25FN2OS/c1-2-19-14-20-21(4-3-5-22(20)28-19)25-17-10-12-18(13-11-17)26-23(27)15-6-8-16(24)9-7-15/h3-9,14,17-18,25H,2,10-13H2,1H3,(H,26,27). The molecule has 1 aromatic heterocycles. The van der Waals surface area contributed by atoms with Gasteiger partial charge < -0.3 is 10.6 Å². The molecule has 0 radical (unpaired) electrons. The van der Waals surface area contributed by atoms with Crippen molar-refractivity contribution in [3.8, 4) is 0 Å². The lowest BCUT2D eigenvalue weighted by molar-refractivity contribution is 0.0926. The van der Waals surface area contributed by atoms with Crippen LogP contribution in [0, 0.1) is 5.82 Å². The van der Waals surface area contributed by atoms with Crippen LogP contribution in [0.15, 0.2) is 48.5 Å². The maximum Gasteiger partial charge on any atom is 0.251 e.